The molecule has 0 spiro atoms. The molecule has 1 unspecified atom stereocenters. The van der Waals surface area contributed by atoms with E-state index in [0.29, 0.717) is 13.0 Å². The molecule has 0 saturated carbocycles. The van der Waals surface area contributed by atoms with E-state index in [1.807, 2.05) is 6.92 Å². The van der Waals surface area contributed by atoms with Gasteiger partial charge in [-0.2, -0.15) is 5.06 Å². The van der Waals surface area contributed by atoms with Gasteiger partial charge in [0.05, 0.1) is 0 Å². The molecule has 1 atom stereocenters. The number of hydrogen-bond acceptors (Lipinski definition) is 3. The topological polar surface area (TPSA) is 70.7 Å². The predicted octanol–water partition coefficient (Wildman–Crippen LogP) is 0.986. The summed E-state index contributed by atoms with van der Waals surface area (Å²) in [5.74, 6) is -0.180. The third-order valence-electron chi connectivity index (χ3n) is 2.51. The Labute approximate surface area is 102 Å². The molecule has 1 aliphatic rings. The molecular formula is C11H21N3O3. The van der Waals surface area contributed by atoms with Gasteiger partial charge in [-0.15, -0.1) is 0 Å². The summed E-state index contributed by atoms with van der Waals surface area (Å²) in [6.07, 6.45) is 3.16. The third-order valence-corrected chi connectivity index (χ3v) is 2.51. The van der Waals surface area contributed by atoms with Gasteiger partial charge in [-0.3, -0.25) is 9.63 Å². The summed E-state index contributed by atoms with van der Waals surface area (Å²) in [5, 5.41) is 6.74. The van der Waals surface area contributed by atoms with Gasteiger partial charge in [0.1, 0.15) is 6.17 Å². The Balaban J connectivity index is 2.47. The zero-order valence-electron chi connectivity index (χ0n) is 10.5. The molecule has 0 aliphatic carbocycles. The normalized spacial score (nSPS) is 20.0. The van der Waals surface area contributed by atoms with Crippen molar-refractivity contribution >= 4 is 11.9 Å². The Hall–Kier alpha value is -1.30. The lowest BCUT2D eigenvalue weighted by Crippen LogP contribution is -2.59. The molecule has 0 aromatic heterocycles. The van der Waals surface area contributed by atoms with Crippen LogP contribution in [0.4, 0.5) is 4.79 Å². The second-order valence-corrected chi connectivity index (χ2v) is 4.06. The minimum absolute atomic E-state index is 0.0958. The van der Waals surface area contributed by atoms with Gasteiger partial charge in [-0.1, -0.05) is 26.7 Å². The van der Waals surface area contributed by atoms with Gasteiger partial charge in [-0.25, -0.2) is 4.79 Å². The fourth-order valence-corrected chi connectivity index (χ4v) is 1.62. The van der Waals surface area contributed by atoms with Gasteiger partial charge < -0.3 is 10.6 Å². The first kappa shape index (κ1) is 13.8. The van der Waals surface area contributed by atoms with Gasteiger partial charge in [0, 0.05) is 6.54 Å². The molecule has 1 saturated heterocycles. The van der Waals surface area contributed by atoms with Crippen LogP contribution < -0.4 is 10.6 Å². The van der Waals surface area contributed by atoms with Crippen LogP contribution in [0.25, 0.3) is 0 Å². The number of urea groups is 1. The molecule has 6 nitrogen and oxygen atoms in total. The number of nitrogens with zero attached hydrogens (tertiary/aromatic N) is 1. The number of carbonyl (C=O) groups excluding carboxylic acids is 2. The fraction of sp³-hybridized carbons (Fsp3) is 0.818. The first-order valence-electron chi connectivity index (χ1n) is 6.18. The zero-order chi connectivity index (χ0) is 12.7. The summed E-state index contributed by atoms with van der Waals surface area (Å²) >= 11 is 0. The summed E-state index contributed by atoms with van der Waals surface area (Å²) in [7, 11) is 0. The molecule has 2 N–H and O–H groups in total. The fourth-order valence-electron chi connectivity index (χ4n) is 1.62. The van der Waals surface area contributed by atoms with E-state index in [9.17, 15) is 9.59 Å². The smallest absolute Gasteiger partial charge is 0.336 e. The average Bonchev–Trinajstić information content (AvgIpc) is 2.30. The quantitative estimate of drug-likeness (QED) is 0.707. The van der Waals surface area contributed by atoms with Crippen molar-refractivity contribution in [3.05, 3.63) is 0 Å². The van der Waals surface area contributed by atoms with E-state index >= 15 is 0 Å². The summed E-state index contributed by atoms with van der Waals surface area (Å²) < 4.78 is 0. The van der Waals surface area contributed by atoms with Crippen molar-refractivity contribution in [1.82, 2.24) is 15.7 Å². The van der Waals surface area contributed by atoms with Crippen LogP contribution in [0.1, 0.15) is 39.5 Å². The van der Waals surface area contributed by atoms with E-state index in [1.165, 1.54) is 5.06 Å². The van der Waals surface area contributed by atoms with Crippen LogP contribution in [0, 0.1) is 0 Å². The molecule has 0 radical (unpaired) electrons. The lowest BCUT2D eigenvalue weighted by Gasteiger charge is -2.34. The lowest BCUT2D eigenvalue weighted by molar-refractivity contribution is -0.188. The molecule has 1 fully saturated rings. The number of amides is 3. The third kappa shape index (κ3) is 4.22. The SMILES string of the molecule is CCCCNC(=O)N1OCC(=O)NC1CCC. The van der Waals surface area contributed by atoms with Crippen LogP contribution >= 0.6 is 0 Å². The molecule has 6 heteroatoms. The van der Waals surface area contributed by atoms with Crippen molar-refractivity contribution in [1.29, 1.82) is 0 Å². The van der Waals surface area contributed by atoms with Crippen molar-refractivity contribution in [2.24, 2.45) is 0 Å². The largest absolute Gasteiger partial charge is 0.343 e. The number of hydrogen-bond donors (Lipinski definition) is 2. The number of rotatable bonds is 5. The molecule has 3 amide bonds. The number of carbonyl (C=O) groups is 2. The summed E-state index contributed by atoms with van der Waals surface area (Å²) in [4.78, 5) is 28.1. The maximum Gasteiger partial charge on any atom is 0.343 e. The molecule has 1 aliphatic heterocycles. The average molecular weight is 243 g/mol. The lowest BCUT2D eigenvalue weighted by atomic mass is 10.2. The van der Waals surface area contributed by atoms with E-state index in [-0.39, 0.29) is 24.7 Å². The first-order valence-corrected chi connectivity index (χ1v) is 6.18. The van der Waals surface area contributed by atoms with Crippen LogP contribution in [0.5, 0.6) is 0 Å². The molecule has 0 aromatic rings. The van der Waals surface area contributed by atoms with Crippen LogP contribution in [0.2, 0.25) is 0 Å². The van der Waals surface area contributed by atoms with Crippen molar-refractivity contribution in [2.45, 2.75) is 45.7 Å². The van der Waals surface area contributed by atoms with E-state index in [2.05, 4.69) is 17.6 Å². The van der Waals surface area contributed by atoms with E-state index < -0.39 is 0 Å². The number of hydroxylamine groups is 2. The summed E-state index contributed by atoms with van der Waals surface area (Å²) in [6, 6.07) is -0.281. The molecular weight excluding hydrogens is 222 g/mol. The molecule has 1 heterocycles. The monoisotopic (exact) mass is 243 g/mol. The highest BCUT2D eigenvalue weighted by molar-refractivity contribution is 5.80. The molecule has 0 bridgehead atoms. The predicted molar refractivity (Wildman–Crippen MR) is 62.9 cm³/mol. The van der Waals surface area contributed by atoms with Gasteiger partial charge >= 0.3 is 6.03 Å². The van der Waals surface area contributed by atoms with Crippen molar-refractivity contribution in [3.8, 4) is 0 Å². The van der Waals surface area contributed by atoms with Crippen molar-refractivity contribution in [2.75, 3.05) is 13.2 Å². The molecule has 0 aromatic carbocycles. The highest BCUT2D eigenvalue weighted by atomic mass is 16.7. The van der Waals surface area contributed by atoms with Gasteiger partial charge in [0.15, 0.2) is 6.61 Å². The van der Waals surface area contributed by atoms with Crippen LogP contribution in [-0.4, -0.2) is 36.3 Å². The molecule has 98 valence electrons. The highest BCUT2D eigenvalue weighted by Gasteiger charge is 2.30. The Morgan fingerprint density at radius 2 is 2.29 bits per heavy atom. The minimum atomic E-state index is -0.358. The number of nitrogens with one attached hydrogen (secondary N) is 2. The van der Waals surface area contributed by atoms with Crippen LogP contribution in [0.15, 0.2) is 0 Å². The Morgan fingerprint density at radius 3 is 2.94 bits per heavy atom. The standard InChI is InChI=1S/C11H21N3O3/c1-3-5-7-12-11(16)14-9(6-4-2)13-10(15)8-17-14/h9H,3-8H2,1-2H3,(H,12,16)(H,13,15). The maximum absolute atomic E-state index is 11.8. The zero-order valence-corrected chi connectivity index (χ0v) is 10.5. The van der Waals surface area contributed by atoms with E-state index in [1.54, 1.807) is 0 Å². The van der Waals surface area contributed by atoms with Crippen molar-refractivity contribution < 1.29 is 14.4 Å². The Kier molecular flexibility index (Phi) is 5.76. The van der Waals surface area contributed by atoms with E-state index in [0.717, 1.165) is 19.3 Å². The van der Waals surface area contributed by atoms with Gasteiger partial charge in [0.2, 0.25) is 5.91 Å². The molecule has 17 heavy (non-hydrogen) atoms. The minimum Gasteiger partial charge on any atom is -0.336 e. The Morgan fingerprint density at radius 1 is 1.53 bits per heavy atom. The summed E-state index contributed by atoms with van der Waals surface area (Å²) in [5.41, 5.74) is 0. The highest BCUT2D eigenvalue weighted by Crippen LogP contribution is 2.09. The van der Waals surface area contributed by atoms with Crippen LogP contribution in [0.3, 0.4) is 0 Å². The van der Waals surface area contributed by atoms with Crippen LogP contribution in [-0.2, 0) is 9.63 Å². The molecule has 1 rings (SSSR count). The van der Waals surface area contributed by atoms with E-state index in [4.69, 9.17) is 4.84 Å². The van der Waals surface area contributed by atoms with Gasteiger partial charge in [-0.05, 0) is 12.8 Å². The second kappa shape index (κ2) is 7.11. The first-order chi connectivity index (χ1) is 8.19. The Bertz CT molecular complexity index is 271. The maximum atomic E-state index is 11.8. The second-order valence-electron chi connectivity index (χ2n) is 4.06. The summed E-state index contributed by atoms with van der Waals surface area (Å²) in [6.45, 7) is 4.58. The number of unbranched alkanes of at least 4 members (excludes halogenated alkanes) is 1. The van der Waals surface area contributed by atoms with Gasteiger partial charge in [0.25, 0.3) is 0 Å². The van der Waals surface area contributed by atoms with Crippen molar-refractivity contribution in [3.63, 3.8) is 0 Å².